The van der Waals surface area contributed by atoms with Gasteiger partial charge in [0.25, 0.3) is 0 Å². The first-order valence-corrected chi connectivity index (χ1v) is 6.81. The monoisotopic (exact) mass is 270 g/mol. The van der Waals surface area contributed by atoms with E-state index in [-0.39, 0.29) is 11.9 Å². The van der Waals surface area contributed by atoms with E-state index in [9.17, 15) is 4.39 Å². The van der Waals surface area contributed by atoms with E-state index in [1.807, 2.05) is 7.05 Å². The Hall–Kier alpha value is -0.640. The van der Waals surface area contributed by atoms with Crippen molar-refractivity contribution in [2.24, 2.45) is 5.92 Å². The summed E-state index contributed by atoms with van der Waals surface area (Å²) in [6, 6.07) is 5.01. The third-order valence-corrected chi connectivity index (χ3v) is 4.10. The molecule has 100 valence electrons. The zero-order valence-electron chi connectivity index (χ0n) is 10.9. The molecule has 0 radical (unpaired) electrons. The van der Waals surface area contributed by atoms with E-state index in [2.05, 4.69) is 17.3 Å². The Morgan fingerprint density at radius 3 is 2.94 bits per heavy atom. The zero-order chi connectivity index (χ0) is 13.1. The third kappa shape index (κ3) is 2.68. The standard InChI is InChI=1S/C14H20ClFN2/c1-17-9-10-5-4-8-18(2)14(10)13-11(15)6-3-7-12(13)16/h3,6-7,10,14,17H,4-5,8-9H2,1-2H3. The van der Waals surface area contributed by atoms with E-state index in [1.165, 1.54) is 6.07 Å². The smallest absolute Gasteiger partial charge is 0.129 e. The zero-order valence-corrected chi connectivity index (χ0v) is 11.7. The maximum atomic E-state index is 14.1. The molecule has 1 aromatic carbocycles. The fraction of sp³-hybridized carbons (Fsp3) is 0.571. The van der Waals surface area contributed by atoms with Crippen molar-refractivity contribution in [3.05, 3.63) is 34.6 Å². The highest BCUT2D eigenvalue weighted by Crippen LogP contribution is 2.39. The van der Waals surface area contributed by atoms with Gasteiger partial charge in [-0.2, -0.15) is 0 Å². The van der Waals surface area contributed by atoms with Gasteiger partial charge in [-0.1, -0.05) is 17.7 Å². The van der Waals surface area contributed by atoms with Gasteiger partial charge in [0.05, 0.1) is 0 Å². The molecule has 1 saturated heterocycles. The molecular formula is C14H20ClFN2. The lowest BCUT2D eigenvalue weighted by Gasteiger charge is -2.40. The number of likely N-dealkylation sites (tertiary alicyclic amines) is 1. The van der Waals surface area contributed by atoms with Crippen LogP contribution in [0, 0.1) is 11.7 Å². The van der Waals surface area contributed by atoms with Crippen LogP contribution in [0.15, 0.2) is 18.2 Å². The number of piperidine rings is 1. The second kappa shape index (κ2) is 6.00. The van der Waals surface area contributed by atoms with Crippen molar-refractivity contribution in [3.8, 4) is 0 Å². The second-order valence-electron chi connectivity index (χ2n) is 5.02. The van der Waals surface area contributed by atoms with Crippen LogP contribution in [0.1, 0.15) is 24.4 Å². The molecule has 0 spiro atoms. The summed E-state index contributed by atoms with van der Waals surface area (Å²) in [7, 11) is 3.99. The maximum Gasteiger partial charge on any atom is 0.129 e. The summed E-state index contributed by atoms with van der Waals surface area (Å²) >= 11 is 6.21. The summed E-state index contributed by atoms with van der Waals surface area (Å²) in [6.07, 6.45) is 2.27. The average Bonchev–Trinajstić information content (AvgIpc) is 2.32. The molecule has 2 unspecified atom stereocenters. The summed E-state index contributed by atoms with van der Waals surface area (Å²) in [6.45, 7) is 1.88. The molecule has 1 heterocycles. The van der Waals surface area contributed by atoms with Gasteiger partial charge < -0.3 is 5.32 Å². The van der Waals surface area contributed by atoms with Crippen LogP contribution in [-0.4, -0.2) is 32.1 Å². The van der Waals surface area contributed by atoms with E-state index in [4.69, 9.17) is 11.6 Å². The number of hydrogen-bond acceptors (Lipinski definition) is 2. The number of halogens is 2. The molecule has 0 amide bonds. The van der Waals surface area contributed by atoms with Gasteiger partial charge >= 0.3 is 0 Å². The van der Waals surface area contributed by atoms with E-state index >= 15 is 0 Å². The number of benzene rings is 1. The van der Waals surface area contributed by atoms with E-state index in [0.717, 1.165) is 25.9 Å². The molecule has 0 aliphatic carbocycles. The quantitative estimate of drug-likeness (QED) is 0.908. The van der Waals surface area contributed by atoms with Crippen molar-refractivity contribution < 1.29 is 4.39 Å². The Morgan fingerprint density at radius 1 is 1.50 bits per heavy atom. The van der Waals surface area contributed by atoms with Crippen LogP contribution in [0.25, 0.3) is 0 Å². The Kier molecular flexibility index (Phi) is 4.60. The summed E-state index contributed by atoms with van der Waals surface area (Å²) in [5, 5.41) is 3.74. The molecular weight excluding hydrogens is 251 g/mol. The summed E-state index contributed by atoms with van der Waals surface area (Å²) in [5.41, 5.74) is 0.654. The minimum absolute atomic E-state index is 0.0694. The summed E-state index contributed by atoms with van der Waals surface area (Å²) < 4.78 is 14.1. The first-order valence-electron chi connectivity index (χ1n) is 6.44. The maximum absolute atomic E-state index is 14.1. The third-order valence-electron chi connectivity index (χ3n) is 3.77. The van der Waals surface area contributed by atoms with Crippen LogP contribution in [0.2, 0.25) is 5.02 Å². The normalized spacial score (nSPS) is 25.3. The van der Waals surface area contributed by atoms with Gasteiger partial charge in [0.15, 0.2) is 0 Å². The highest BCUT2D eigenvalue weighted by Gasteiger charge is 2.33. The summed E-state index contributed by atoms with van der Waals surface area (Å²) in [4.78, 5) is 2.22. The minimum Gasteiger partial charge on any atom is -0.319 e. The van der Waals surface area contributed by atoms with E-state index in [1.54, 1.807) is 12.1 Å². The van der Waals surface area contributed by atoms with Crippen molar-refractivity contribution in [2.45, 2.75) is 18.9 Å². The van der Waals surface area contributed by atoms with Crippen molar-refractivity contribution >= 4 is 11.6 Å². The molecule has 1 aliphatic rings. The van der Waals surface area contributed by atoms with E-state index < -0.39 is 0 Å². The first kappa shape index (κ1) is 13.8. The van der Waals surface area contributed by atoms with E-state index in [0.29, 0.717) is 16.5 Å². The minimum atomic E-state index is -0.192. The molecule has 2 rings (SSSR count). The van der Waals surface area contributed by atoms with Crippen LogP contribution in [0.4, 0.5) is 4.39 Å². The van der Waals surface area contributed by atoms with Crippen LogP contribution >= 0.6 is 11.6 Å². The van der Waals surface area contributed by atoms with Gasteiger partial charge in [0.2, 0.25) is 0 Å². The fourth-order valence-corrected chi connectivity index (χ4v) is 3.26. The Morgan fingerprint density at radius 2 is 2.28 bits per heavy atom. The Labute approximate surface area is 113 Å². The van der Waals surface area contributed by atoms with Crippen molar-refractivity contribution in [2.75, 3.05) is 27.2 Å². The number of hydrogen-bond donors (Lipinski definition) is 1. The SMILES string of the molecule is CNCC1CCCN(C)C1c1c(F)cccc1Cl. The van der Waals surface area contributed by atoms with Crippen molar-refractivity contribution in [1.82, 2.24) is 10.2 Å². The predicted molar refractivity (Wildman–Crippen MR) is 73.4 cm³/mol. The largest absolute Gasteiger partial charge is 0.319 e. The second-order valence-corrected chi connectivity index (χ2v) is 5.43. The lowest BCUT2D eigenvalue weighted by molar-refractivity contribution is 0.118. The van der Waals surface area contributed by atoms with Gasteiger partial charge in [-0.05, 0) is 58.1 Å². The van der Waals surface area contributed by atoms with Gasteiger partial charge in [-0.15, -0.1) is 0 Å². The molecule has 1 aromatic rings. The summed E-state index contributed by atoms with van der Waals surface area (Å²) in [5.74, 6) is 0.213. The van der Waals surface area contributed by atoms with Gasteiger partial charge in [0, 0.05) is 16.6 Å². The Bertz CT molecular complexity index is 389. The molecule has 1 N–H and O–H groups in total. The van der Waals surface area contributed by atoms with Gasteiger partial charge in [-0.25, -0.2) is 4.39 Å². The van der Waals surface area contributed by atoms with Crippen LogP contribution in [-0.2, 0) is 0 Å². The molecule has 18 heavy (non-hydrogen) atoms. The lowest BCUT2D eigenvalue weighted by Crippen LogP contribution is -2.40. The molecule has 0 bridgehead atoms. The predicted octanol–water partition coefficient (Wildman–Crippen LogP) is 3.08. The number of rotatable bonds is 3. The van der Waals surface area contributed by atoms with Gasteiger partial charge in [0.1, 0.15) is 5.82 Å². The first-order chi connectivity index (χ1) is 8.65. The molecule has 1 aliphatic heterocycles. The highest BCUT2D eigenvalue weighted by molar-refractivity contribution is 6.31. The topological polar surface area (TPSA) is 15.3 Å². The van der Waals surface area contributed by atoms with Crippen LogP contribution < -0.4 is 5.32 Å². The van der Waals surface area contributed by atoms with Crippen LogP contribution in [0.5, 0.6) is 0 Å². The molecule has 1 fully saturated rings. The number of nitrogens with one attached hydrogen (secondary N) is 1. The molecule has 2 nitrogen and oxygen atoms in total. The lowest BCUT2D eigenvalue weighted by atomic mass is 9.84. The molecule has 2 atom stereocenters. The number of nitrogens with zero attached hydrogens (tertiary/aromatic N) is 1. The average molecular weight is 271 g/mol. The fourth-order valence-electron chi connectivity index (χ4n) is 2.98. The molecule has 0 aromatic heterocycles. The van der Waals surface area contributed by atoms with Gasteiger partial charge in [-0.3, -0.25) is 4.90 Å². The Balaban J connectivity index is 2.37. The van der Waals surface area contributed by atoms with Crippen molar-refractivity contribution in [3.63, 3.8) is 0 Å². The van der Waals surface area contributed by atoms with Crippen molar-refractivity contribution in [1.29, 1.82) is 0 Å². The highest BCUT2D eigenvalue weighted by atomic mass is 35.5. The molecule has 0 saturated carbocycles. The molecule has 4 heteroatoms. The van der Waals surface area contributed by atoms with Crippen LogP contribution in [0.3, 0.4) is 0 Å².